The van der Waals surface area contributed by atoms with E-state index in [1.807, 2.05) is 42.5 Å². The Morgan fingerprint density at radius 2 is 1.58 bits per heavy atom. The Morgan fingerprint density at radius 1 is 0.933 bits per heavy atom. The van der Waals surface area contributed by atoms with Crippen molar-refractivity contribution >= 4 is 50.7 Å². The summed E-state index contributed by atoms with van der Waals surface area (Å²) in [6.07, 6.45) is 6.30. The maximum absolute atomic E-state index is 14.4. The van der Waals surface area contributed by atoms with E-state index in [4.69, 9.17) is 23.2 Å². The fraction of sp³-hybridized carbons (Fsp3) is 0.429. The van der Waals surface area contributed by atoms with Crippen molar-refractivity contribution in [3.05, 3.63) is 99.5 Å². The van der Waals surface area contributed by atoms with Crippen LogP contribution in [0.25, 0.3) is 0 Å². The third kappa shape index (κ3) is 9.71. The van der Waals surface area contributed by atoms with E-state index in [1.165, 1.54) is 4.90 Å². The van der Waals surface area contributed by atoms with Crippen LogP contribution in [0.2, 0.25) is 10.0 Å². The molecule has 1 aliphatic carbocycles. The number of sulfonamides is 1. The number of hydrogen-bond donors (Lipinski definition) is 1. The van der Waals surface area contributed by atoms with E-state index in [0.29, 0.717) is 21.3 Å². The number of benzene rings is 3. The molecule has 0 radical (unpaired) electrons. The summed E-state index contributed by atoms with van der Waals surface area (Å²) >= 11 is 12.7. The van der Waals surface area contributed by atoms with Gasteiger partial charge in [0.05, 0.1) is 11.9 Å². The summed E-state index contributed by atoms with van der Waals surface area (Å²) < 4.78 is 27.3. The molecule has 0 spiro atoms. The van der Waals surface area contributed by atoms with Gasteiger partial charge in [-0.05, 0) is 59.2 Å². The number of halogens is 2. The first-order valence-electron chi connectivity index (χ1n) is 15.4. The molecule has 242 valence electrons. The minimum absolute atomic E-state index is 0.00894. The first-order chi connectivity index (χ1) is 21.2. The summed E-state index contributed by atoms with van der Waals surface area (Å²) in [7, 11) is -3.87. The maximum atomic E-state index is 14.4. The van der Waals surface area contributed by atoms with Crippen molar-refractivity contribution in [2.75, 3.05) is 17.1 Å². The van der Waals surface area contributed by atoms with Crippen LogP contribution in [0.5, 0.6) is 0 Å². The molecule has 7 nitrogen and oxygen atoms in total. The second kappa shape index (κ2) is 15.0. The van der Waals surface area contributed by atoms with Gasteiger partial charge in [0.2, 0.25) is 21.8 Å². The first kappa shape index (κ1) is 34.8. The summed E-state index contributed by atoms with van der Waals surface area (Å²) in [5.74, 6) is -0.796. The van der Waals surface area contributed by atoms with Gasteiger partial charge < -0.3 is 10.2 Å². The molecule has 3 aromatic carbocycles. The lowest BCUT2D eigenvalue weighted by atomic mass is 9.87. The summed E-state index contributed by atoms with van der Waals surface area (Å²) in [6, 6.07) is 20.8. The predicted molar refractivity (Wildman–Crippen MR) is 183 cm³/mol. The van der Waals surface area contributed by atoms with Crippen molar-refractivity contribution in [1.82, 2.24) is 10.2 Å². The minimum atomic E-state index is -3.87. The average molecular weight is 673 g/mol. The molecule has 2 amide bonds. The lowest BCUT2D eigenvalue weighted by Crippen LogP contribution is -2.55. The van der Waals surface area contributed by atoms with Crippen LogP contribution in [0.4, 0.5) is 5.69 Å². The SMILES string of the molecule is CC(C)(C)c1ccc(N(CC(=O)N(Cc2ccc(Cl)cc2Cl)[C@H](Cc2ccccc2)C(=O)NC2CCCCC2)S(C)(=O)=O)cc1. The van der Waals surface area contributed by atoms with Gasteiger partial charge in [-0.2, -0.15) is 0 Å². The molecule has 45 heavy (non-hydrogen) atoms. The third-order valence-corrected chi connectivity index (χ3v) is 10.0. The van der Waals surface area contributed by atoms with Gasteiger partial charge in [0.25, 0.3) is 0 Å². The lowest BCUT2D eigenvalue weighted by Gasteiger charge is -2.35. The highest BCUT2D eigenvalue weighted by Gasteiger charge is 2.34. The van der Waals surface area contributed by atoms with Gasteiger partial charge in [-0.25, -0.2) is 8.42 Å². The largest absolute Gasteiger partial charge is 0.352 e. The van der Waals surface area contributed by atoms with E-state index < -0.39 is 28.5 Å². The van der Waals surface area contributed by atoms with Crippen LogP contribution in [-0.2, 0) is 38.0 Å². The molecule has 3 aromatic rings. The van der Waals surface area contributed by atoms with Gasteiger partial charge >= 0.3 is 0 Å². The van der Waals surface area contributed by atoms with E-state index in [0.717, 1.165) is 53.8 Å². The monoisotopic (exact) mass is 671 g/mol. The Morgan fingerprint density at radius 3 is 2.16 bits per heavy atom. The Kier molecular flexibility index (Phi) is 11.6. The van der Waals surface area contributed by atoms with Crippen molar-refractivity contribution in [1.29, 1.82) is 0 Å². The summed E-state index contributed by atoms with van der Waals surface area (Å²) in [4.78, 5) is 29.9. The van der Waals surface area contributed by atoms with E-state index in [-0.39, 0.29) is 30.3 Å². The lowest BCUT2D eigenvalue weighted by molar-refractivity contribution is -0.140. The van der Waals surface area contributed by atoms with Gasteiger partial charge in [0.1, 0.15) is 12.6 Å². The van der Waals surface area contributed by atoms with Crippen LogP contribution in [0.15, 0.2) is 72.8 Å². The normalized spacial score (nSPS) is 14.9. The highest BCUT2D eigenvalue weighted by molar-refractivity contribution is 7.92. The molecule has 1 N–H and O–H groups in total. The molecule has 4 rings (SSSR count). The quantitative estimate of drug-likeness (QED) is 0.235. The van der Waals surface area contributed by atoms with Crippen LogP contribution in [0, 0.1) is 0 Å². The Hall–Kier alpha value is -3.07. The average Bonchev–Trinajstić information content (AvgIpc) is 2.98. The number of nitrogens with zero attached hydrogens (tertiary/aromatic N) is 2. The predicted octanol–water partition coefficient (Wildman–Crippen LogP) is 7.15. The number of amides is 2. The van der Waals surface area contributed by atoms with Crippen molar-refractivity contribution in [3.63, 3.8) is 0 Å². The maximum Gasteiger partial charge on any atom is 0.244 e. The topological polar surface area (TPSA) is 86.8 Å². The van der Waals surface area contributed by atoms with Gasteiger partial charge in [0, 0.05) is 29.1 Å². The molecule has 0 heterocycles. The minimum Gasteiger partial charge on any atom is -0.352 e. The highest BCUT2D eigenvalue weighted by Crippen LogP contribution is 2.28. The fourth-order valence-corrected chi connectivity index (χ4v) is 6.99. The van der Waals surface area contributed by atoms with Crippen LogP contribution in [0.1, 0.15) is 69.6 Å². The zero-order valence-corrected chi connectivity index (χ0v) is 28.8. The first-order valence-corrected chi connectivity index (χ1v) is 18.0. The zero-order chi connectivity index (χ0) is 32.8. The second-order valence-electron chi connectivity index (χ2n) is 12.9. The number of carbonyl (C=O) groups is 2. The molecule has 10 heteroatoms. The number of hydrogen-bond acceptors (Lipinski definition) is 4. The van der Waals surface area contributed by atoms with Crippen molar-refractivity contribution in [3.8, 4) is 0 Å². The van der Waals surface area contributed by atoms with E-state index in [2.05, 4.69) is 26.1 Å². The summed E-state index contributed by atoms with van der Waals surface area (Å²) in [5, 5.41) is 4.00. The number of rotatable bonds is 11. The summed E-state index contributed by atoms with van der Waals surface area (Å²) in [6.45, 7) is 5.73. The highest BCUT2D eigenvalue weighted by atomic mass is 35.5. The molecule has 0 unspecified atom stereocenters. The number of anilines is 1. The smallest absolute Gasteiger partial charge is 0.244 e. The summed E-state index contributed by atoms with van der Waals surface area (Å²) in [5.41, 5.74) is 2.74. The third-order valence-electron chi connectivity index (χ3n) is 8.28. The molecule has 0 aromatic heterocycles. The van der Waals surface area contributed by atoms with Crippen LogP contribution in [0.3, 0.4) is 0 Å². The van der Waals surface area contributed by atoms with Gasteiger partial charge in [-0.15, -0.1) is 0 Å². The van der Waals surface area contributed by atoms with Gasteiger partial charge in [-0.3, -0.25) is 13.9 Å². The van der Waals surface area contributed by atoms with Crippen LogP contribution in [-0.4, -0.2) is 50.0 Å². The molecular weight excluding hydrogens is 629 g/mol. The van der Waals surface area contributed by atoms with Crippen LogP contribution < -0.4 is 9.62 Å². The molecular formula is C35H43Cl2N3O4S. The number of carbonyl (C=O) groups excluding carboxylic acids is 2. The fourth-order valence-electron chi connectivity index (χ4n) is 5.67. The molecule has 0 bridgehead atoms. The molecule has 1 fully saturated rings. The molecule has 0 aliphatic heterocycles. The van der Waals surface area contributed by atoms with Crippen molar-refractivity contribution < 1.29 is 18.0 Å². The molecule has 1 atom stereocenters. The van der Waals surface area contributed by atoms with Crippen molar-refractivity contribution in [2.24, 2.45) is 0 Å². The number of nitrogens with one attached hydrogen (secondary N) is 1. The Balaban J connectivity index is 1.74. The van der Waals surface area contributed by atoms with Crippen LogP contribution >= 0.6 is 23.2 Å². The Labute approximate surface area is 278 Å². The van der Waals surface area contributed by atoms with E-state index in [1.54, 1.807) is 30.3 Å². The Bertz CT molecular complexity index is 1570. The van der Waals surface area contributed by atoms with E-state index in [9.17, 15) is 18.0 Å². The molecule has 0 saturated heterocycles. The van der Waals surface area contributed by atoms with Gasteiger partial charge in [-0.1, -0.05) is 112 Å². The van der Waals surface area contributed by atoms with Gasteiger partial charge in [0.15, 0.2) is 0 Å². The standard InChI is InChI=1S/C35H43Cl2N3O4S/c1-35(2,3)27-16-19-30(20-17-27)40(45(4,43)44)24-33(41)39(23-26-15-18-28(36)22-31(26)37)32(21-25-11-7-5-8-12-25)34(42)38-29-13-9-6-10-14-29/h5,7-8,11-12,15-20,22,29,32H,6,9-10,13-14,21,23-24H2,1-4H3,(H,38,42)/t32-/m1/s1. The van der Waals surface area contributed by atoms with Crippen molar-refractivity contribution in [2.45, 2.75) is 83.3 Å². The zero-order valence-electron chi connectivity index (χ0n) is 26.4. The van der Waals surface area contributed by atoms with E-state index >= 15 is 0 Å². The second-order valence-corrected chi connectivity index (χ2v) is 15.6. The molecule has 1 aliphatic rings. The molecule has 1 saturated carbocycles.